The molecule has 3 nitrogen and oxygen atoms in total. The molecule has 0 aliphatic carbocycles. The first-order chi connectivity index (χ1) is 9.95. The number of nitrogens with one attached hydrogen (secondary N) is 1. The van der Waals surface area contributed by atoms with Crippen molar-refractivity contribution in [1.29, 1.82) is 0 Å². The standard InChI is InChI=1S/C18H30N2O/c1-14(2)15-6-5-7-16(12-15)17(18(3,4)13-21)20-10-8-19-9-11-20/h5-7,12,14,17,19,21H,8-11,13H2,1-4H3/t17-/m0/s1. The Morgan fingerprint density at radius 3 is 2.38 bits per heavy atom. The van der Waals surface area contributed by atoms with Crippen LogP contribution in [0.1, 0.15) is 50.8 Å². The molecule has 0 saturated carbocycles. The van der Waals surface area contributed by atoms with E-state index in [0.717, 1.165) is 26.2 Å². The summed E-state index contributed by atoms with van der Waals surface area (Å²) in [7, 11) is 0. The number of nitrogens with zero attached hydrogens (tertiary/aromatic N) is 1. The molecule has 0 bridgehead atoms. The van der Waals surface area contributed by atoms with Crippen molar-refractivity contribution < 1.29 is 5.11 Å². The number of hydrogen-bond donors (Lipinski definition) is 2. The van der Waals surface area contributed by atoms with Crippen LogP contribution >= 0.6 is 0 Å². The highest BCUT2D eigenvalue weighted by atomic mass is 16.3. The summed E-state index contributed by atoms with van der Waals surface area (Å²) >= 11 is 0. The number of rotatable bonds is 5. The van der Waals surface area contributed by atoms with Crippen LogP contribution in [0.5, 0.6) is 0 Å². The van der Waals surface area contributed by atoms with Gasteiger partial charge in [0.25, 0.3) is 0 Å². The van der Waals surface area contributed by atoms with Gasteiger partial charge in [-0.3, -0.25) is 4.90 Å². The average Bonchev–Trinajstić information content (AvgIpc) is 2.48. The SMILES string of the molecule is CC(C)c1cccc([C@H](N2CCNCC2)C(C)(C)CO)c1. The summed E-state index contributed by atoms with van der Waals surface area (Å²) in [6.07, 6.45) is 0. The second-order valence-corrected chi connectivity index (χ2v) is 7.16. The summed E-state index contributed by atoms with van der Waals surface area (Å²) in [6, 6.07) is 9.18. The maximum atomic E-state index is 9.89. The first kappa shape index (κ1) is 16.5. The van der Waals surface area contributed by atoms with Crippen LogP contribution in [-0.4, -0.2) is 42.8 Å². The van der Waals surface area contributed by atoms with Crippen LogP contribution in [0.2, 0.25) is 0 Å². The van der Waals surface area contributed by atoms with E-state index >= 15 is 0 Å². The number of piperazine rings is 1. The summed E-state index contributed by atoms with van der Waals surface area (Å²) in [4.78, 5) is 2.52. The lowest BCUT2D eigenvalue weighted by Crippen LogP contribution is -2.49. The maximum Gasteiger partial charge on any atom is 0.0500 e. The smallest absolute Gasteiger partial charge is 0.0500 e. The molecule has 1 atom stereocenters. The molecule has 1 aliphatic rings. The quantitative estimate of drug-likeness (QED) is 0.875. The normalized spacial score (nSPS) is 19.0. The molecule has 2 rings (SSSR count). The monoisotopic (exact) mass is 290 g/mol. The summed E-state index contributed by atoms with van der Waals surface area (Å²) in [5.41, 5.74) is 2.57. The lowest BCUT2D eigenvalue weighted by atomic mass is 9.79. The van der Waals surface area contributed by atoms with Crippen LogP contribution in [0.15, 0.2) is 24.3 Å². The van der Waals surface area contributed by atoms with Crippen molar-refractivity contribution in [3.63, 3.8) is 0 Å². The highest BCUT2D eigenvalue weighted by Gasteiger charge is 2.35. The highest BCUT2D eigenvalue weighted by molar-refractivity contribution is 5.29. The number of aliphatic hydroxyl groups is 1. The van der Waals surface area contributed by atoms with Crippen LogP contribution in [0.3, 0.4) is 0 Å². The Hall–Kier alpha value is -0.900. The summed E-state index contributed by atoms with van der Waals surface area (Å²) in [5.74, 6) is 0.533. The molecular formula is C18H30N2O. The number of benzene rings is 1. The zero-order valence-electron chi connectivity index (χ0n) is 13.9. The van der Waals surface area contributed by atoms with Gasteiger partial charge in [-0.1, -0.05) is 52.0 Å². The van der Waals surface area contributed by atoms with Crippen LogP contribution in [-0.2, 0) is 0 Å². The molecule has 0 aromatic heterocycles. The lowest BCUT2D eigenvalue weighted by molar-refractivity contribution is 0.0305. The topological polar surface area (TPSA) is 35.5 Å². The zero-order valence-corrected chi connectivity index (χ0v) is 13.9. The Bertz CT molecular complexity index is 450. The minimum Gasteiger partial charge on any atom is -0.396 e. The minimum atomic E-state index is -0.146. The molecule has 1 aromatic rings. The second-order valence-electron chi connectivity index (χ2n) is 7.16. The fraction of sp³-hybridized carbons (Fsp3) is 0.667. The van der Waals surface area contributed by atoms with Crippen LogP contribution in [0.25, 0.3) is 0 Å². The molecule has 1 heterocycles. The van der Waals surface area contributed by atoms with E-state index in [0.29, 0.717) is 5.92 Å². The summed E-state index contributed by atoms with van der Waals surface area (Å²) < 4.78 is 0. The van der Waals surface area contributed by atoms with E-state index in [4.69, 9.17) is 0 Å². The third kappa shape index (κ3) is 3.85. The van der Waals surface area contributed by atoms with Crippen molar-refractivity contribution in [3.8, 4) is 0 Å². The Morgan fingerprint density at radius 2 is 1.81 bits per heavy atom. The molecule has 0 radical (unpaired) electrons. The number of hydrogen-bond acceptors (Lipinski definition) is 3. The van der Waals surface area contributed by atoms with E-state index in [2.05, 4.69) is 62.2 Å². The first-order valence-corrected chi connectivity index (χ1v) is 8.11. The second kappa shape index (κ2) is 6.91. The van der Waals surface area contributed by atoms with Crippen molar-refractivity contribution >= 4 is 0 Å². The fourth-order valence-electron chi connectivity index (χ4n) is 3.27. The Morgan fingerprint density at radius 1 is 1.19 bits per heavy atom. The Balaban J connectivity index is 2.36. The van der Waals surface area contributed by atoms with Gasteiger partial charge in [-0.05, 0) is 17.0 Å². The lowest BCUT2D eigenvalue weighted by Gasteiger charge is -2.43. The van der Waals surface area contributed by atoms with E-state index in [1.54, 1.807) is 0 Å². The van der Waals surface area contributed by atoms with Gasteiger partial charge < -0.3 is 10.4 Å². The van der Waals surface area contributed by atoms with Crippen molar-refractivity contribution in [2.45, 2.75) is 39.7 Å². The van der Waals surface area contributed by atoms with Crippen molar-refractivity contribution in [1.82, 2.24) is 10.2 Å². The first-order valence-electron chi connectivity index (χ1n) is 8.11. The molecule has 0 unspecified atom stereocenters. The van der Waals surface area contributed by atoms with Crippen molar-refractivity contribution in [3.05, 3.63) is 35.4 Å². The maximum absolute atomic E-state index is 9.89. The van der Waals surface area contributed by atoms with Gasteiger partial charge in [0.1, 0.15) is 0 Å². The van der Waals surface area contributed by atoms with Gasteiger partial charge in [0.2, 0.25) is 0 Å². The van der Waals surface area contributed by atoms with Gasteiger partial charge in [0.15, 0.2) is 0 Å². The molecule has 1 fully saturated rings. The molecular weight excluding hydrogens is 260 g/mol. The molecule has 118 valence electrons. The van der Waals surface area contributed by atoms with Crippen LogP contribution < -0.4 is 5.32 Å². The Labute approximate surface area is 129 Å². The molecule has 0 amide bonds. The zero-order chi connectivity index (χ0) is 15.5. The summed E-state index contributed by atoms with van der Waals surface area (Å²) in [6.45, 7) is 13.1. The van der Waals surface area contributed by atoms with Crippen LogP contribution in [0.4, 0.5) is 0 Å². The predicted octanol–water partition coefficient (Wildman–Crippen LogP) is 2.77. The van der Waals surface area contributed by atoms with E-state index in [1.807, 2.05) is 0 Å². The molecule has 0 spiro atoms. The summed E-state index contributed by atoms with van der Waals surface area (Å²) in [5, 5.41) is 13.3. The molecule has 21 heavy (non-hydrogen) atoms. The van der Waals surface area contributed by atoms with E-state index in [9.17, 15) is 5.11 Å². The largest absolute Gasteiger partial charge is 0.396 e. The molecule has 1 aliphatic heterocycles. The van der Waals surface area contributed by atoms with Crippen LogP contribution in [0, 0.1) is 5.41 Å². The molecule has 2 N–H and O–H groups in total. The third-order valence-corrected chi connectivity index (χ3v) is 4.56. The molecule has 1 aromatic carbocycles. The van der Waals surface area contributed by atoms with Gasteiger partial charge >= 0.3 is 0 Å². The number of aliphatic hydroxyl groups excluding tert-OH is 1. The van der Waals surface area contributed by atoms with Gasteiger partial charge in [-0.25, -0.2) is 0 Å². The van der Waals surface area contributed by atoms with Crippen molar-refractivity contribution in [2.24, 2.45) is 5.41 Å². The van der Waals surface area contributed by atoms with Gasteiger partial charge in [0.05, 0.1) is 0 Å². The minimum absolute atomic E-state index is 0.146. The van der Waals surface area contributed by atoms with E-state index in [-0.39, 0.29) is 18.1 Å². The van der Waals surface area contributed by atoms with Gasteiger partial charge in [0, 0.05) is 44.2 Å². The predicted molar refractivity (Wildman–Crippen MR) is 88.6 cm³/mol. The fourth-order valence-corrected chi connectivity index (χ4v) is 3.27. The average molecular weight is 290 g/mol. The Kier molecular flexibility index (Phi) is 5.42. The van der Waals surface area contributed by atoms with E-state index in [1.165, 1.54) is 11.1 Å². The van der Waals surface area contributed by atoms with Gasteiger partial charge in [-0.2, -0.15) is 0 Å². The van der Waals surface area contributed by atoms with Gasteiger partial charge in [-0.15, -0.1) is 0 Å². The molecule has 3 heteroatoms. The van der Waals surface area contributed by atoms with E-state index < -0.39 is 0 Å². The molecule has 1 saturated heterocycles. The third-order valence-electron chi connectivity index (χ3n) is 4.56. The van der Waals surface area contributed by atoms with Crippen molar-refractivity contribution in [2.75, 3.05) is 32.8 Å². The highest BCUT2D eigenvalue weighted by Crippen LogP contribution is 2.39.